The van der Waals surface area contributed by atoms with Crippen molar-refractivity contribution in [3.05, 3.63) is 30.2 Å². The minimum atomic E-state index is -0.291. The Hall–Kier alpha value is -2.41. The van der Waals surface area contributed by atoms with Crippen LogP contribution in [0.1, 0.15) is 23.2 Å². The second-order valence-corrected chi connectivity index (χ2v) is 6.15. The first-order valence-electron chi connectivity index (χ1n) is 8.25. The van der Waals surface area contributed by atoms with E-state index in [1.54, 1.807) is 28.0 Å². The van der Waals surface area contributed by atoms with Crippen molar-refractivity contribution < 1.29 is 18.7 Å². The van der Waals surface area contributed by atoms with Crippen molar-refractivity contribution in [2.45, 2.75) is 18.9 Å². The standard InChI is InChI=1S/C17H19N3O4/c21-16(12-3-4-13-15(10-12)24-11-18-13)19-5-7-20(8-6-19)17(22)14-2-1-9-23-14/h3-4,10-11,14H,1-2,5-9H2. The van der Waals surface area contributed by atoms with Crippen molar-refractivity contribution in [2.75, 3.05) is 32.8 Å². The maximum Gasteiger partial charge on any atom is 0.254 e. The summed E-state index contributed by atoms with van der Waals surface area (Å²) in [6.45, 7) is 2.83. The van der Waals surface area contributed by atoms with Crippen LogP contribution < -0.4 is 0 Å². The molecule has 2 saturated heterocycles. The molecule has 0 radical (unpaired) electrons. The highest BCUT2D eigenvalue weighted by molar-refractivity contribution is 5.97. The highest BCUT2D eigenvalue weighted by Gasteiger charge is 2.31. The monoisotopic (exact) mass is 329 g/mol. The van der Waals surface area contributed by atoms with Gasteiger partial charge < -0.3 is 19.0 Å². The number of carbonyl (C=O) groups excluding carboxylic acids is 2. The molecule has 1 aromatic heterocycles. The van der Waals surface area contributed by atoms with Gasteiger partial charge in [-0.3, -0.25) is 9.59 Å². The van der Waals surface area contributed by atoms with Gasteiger partial charge in [0.1, 0.15) is 11.6 Å². The lowest BCUT2D eigenvalue weighted by molar-refractivity contribution is -0.142. The van der Waals surface area contributed by atoms with Gasteiger partial charge in [-0.25, -0.2) is 4.98 Å². The third-order valence-corrected chi connectivity index (χ3v) is 4.66. The first-order chi connectivity index (χ1) is 11.7. The molecule has 0 aliphatic carbocycles. The van der Waals surface area contributed by atoms with E-state index in [1.165, 1.54) is 6.39 Å². The van der Waals surface area contributed by atoms with Crippen molar-refractivity contribution in [2.24, 2.45) is 0 Å². The van der Waals surface area contributed by atoms with Crippen LogP contribution in [0.2, 0.25) is 0 Å². The largest absolute Gasteiger partial charge is 0.443 e. The van der Waals surface area contributed by atoms with E-state index in [0.717, 1.165) is 18.4 Å². The number of oxazole rings is 1. The predicted octanol–water partition coefficient (Wildman–Crippen LogP) is 1.29. The Morgan fingerprint density at radius 2 is 1.92 bits per heavy atom. The Bertz CT molecular complexity index is 758. The third-order valence-electron chi connectivity index (χ3n) is 4.66. The molecule has 0 spiro atoms. The van der Waals surface area contributed by atoms with Crippen molar-refractivity contribution in [1.29, 1.82) is 0 Å². The summed E-state index contributed by atoms with van der Waals surface area (Å²) < 4.78 is 10.7. The molecule has 0 bridgehead atoms. The highest BCUT2D eigenvalue weighted by atomic mass is 16.5. The van der Waals surface area contributed by atoms with Crippen molar-refractivity contribution in [1.82, 2.24) is 14.8 Å². The lowest BCUT2D eigenvalue weighted by atomic mass is 10.1. The number of amides is 2. The van der Waals surface area contributed by atoms with Crippen LogP contribution in [0, 0.1) is 0 Å². The molecule has 2 aliphatic rings. The summed E-state index contributed by atoms with van der Waals surface area (Å²) in [7, 11) is 0. The van der Waals surface area contributed by atoms with Crippen molar-refractivity contribution in [3.8, 4) is 0 Å². The maximum atomic E-state index is 12.6. The maximum absolute atomic E-state index is 12.6. The molecule has 7 nitrogen and oxygen atoms in total. The zero-order valence-corrected chi connectivity index (χ0v) is 13.3. The van der Waals surface area contributed by atoms with E-state index in [0.29, 0.717) is 43.9 Å². The van der Waals surface area contributed by atoms with E-state index in [1.807, 2.05) is 0 Å². The molecule has 3 heterocycles. The predicted molar refractivity (Wildman–Crippen MR) is 85.5 cm³/mol. The Morgan fingerprint density at radius 3 is 2.67 bits per heavy atom. The van der Waals surface area contributed by atoms with Gasteiger partial charge in [0.25, 0.3) is 11.8 Å². The molecule has 1 atom stereocenters. The van der Waals surface area contributed by atoms with Gasteiger partial charge in [0.2, 0.25) is 0 Å². The summed E-state index contributed by atoms with van der Waals surface area (Å²) in [5.41, 5.74) is 1.92. The smallest absolute Gasteiger partial charge is 0.254 e. The minimum Gasteiger partial charge on any atom is -0.443 e. The van der Waals surface area contributed by atoms with E-state index < -0.39 is 0 Å². The molecule has 7 heteroatoms. The number of rotatable bonds is 2. The number of ether oxygens (including phenoxy) is 1. The summed E-state index contributed by atoms with van der Waals surface area (Å²) in [5, 5.41) is 0. The molecule has 24 heavy (non-hydrogen) atoms. The van der Waals surface area contributed by atoms with Crippen LogP contribution in [0.4, 0.5) is 0 Å². The number of hydrogen-bond donors (Lipinski definition) is 0. The molecule has 4 rings (SSSR count). The zero-order valence-electron chi connectivity index (χ0n) is 13.3. The summed E-state index contributed by atoms with van der Waals surface area (Å²) in [6, 6.07) is 5.26. The Kier molecular flexibility index (Phi) is 3.93. The molecular weight excluding hydrogens is 310 g/mol. The fourth-order valence-corrected chi connectivity index (χ4v) is 3.28. The summed E-state index contributed by atoms with van der Waals surface area (Å²) in [6.07, 6.45) is 2.82. The van der Waals surface area contributed by atoms with E-state index in [4.69, 9.17) is 9.15 Å². The molecule has 2 amide bonds. The topological polar surface area (TPSA) is 75.9 Å². The lowest BCUT2D eigenvalue weighted by Crippen LogP contribution is -2.52. The molecule has 2 fully saturated rings. The van der Waals surface area contributed by atoms with E-state index in [2.05, 4.69) is 4.98 Å². The SMILES string of the molecule is O=C(c1ccc2ncoc2c1)N1CCN(C(=O)C2CCCO2)CC1. The van der Waals surface area contributed by atoms with E-state index >= 15 is 0 Å². The molecule has 2 aliphatic heterocycles. The number of benzene rings is 1. The second-order valence-electron chi connectivity index (χ2n) is 6.15. The van der Waals surface area contributed by atoms with Gasteiger partial charge in [0.15, 0.2) is 12.0 Å². The average Bonchev–Trinajstić information content (AvgIpc) is 3.31. The van der Waals surface area contributed by atoms with Crippen LogP contribution >= 0.6 is 0 Å². The summed E-state index contributed by atoms with van der Waals surface area (Å²) >= 11 is 0. The number of fused-ring (bicyclic) bond motifs is 1. The van der Waals surface area contributed by atoms with Gasteiger partial charge in [-0.1, -0.05) is 0 Å². The lowest BCUT2D eigenvalue weighted by Gasteiger charge is -2.35. The van der Waals surface area contributed by atoms with E-state index in [9.17, 15) is 9.59 Å². The van der Waals surface area contributed by atoms with Crippen LogP contribution in [0.15, 0.2) is 29.0 Å². The zero-order chi connectivity index (χ0) is 16.5. The second kappa shape index (κ2) is 6.24. The number of hydrogen-bond acceptors (Lipinski definition) is 5. The number of piperazine rings is 1. The van der Waals surface area contributed by atoms with Crippen LogP contribution in [-0.2, 0) is 9.53 Å². The van der Waals surface area contributed by atoms with Crippen molar-refractivity contribution >= 4 is 22.9 Å². The molecule has 0 saturated carbocycles. The first kappa shape index (κ1) is 15.1. The van der Waals surface area contributed by atoms with Crippen LogP contribution in [0.25, 0.3) is 11.1 Å². The Balaban J connectivity index is 1.39. The fraction of sp³-hybridized carbons (Fsp3) is 0.471. The van der Waals surface area contributed by atoms with Gasteiger partial charge in [-0.2, -0.15) is 0 Å². The van der Waals surface area contributed by atoms with Crippen LogP contribution in [-0.4, -0.2) is 65.5 Å². The Labute approximate surface area is 139 Å². The van der Waals surface area contributed by atoms with Crippen LogP contribution in [0.3, 0.4) is 0 Å². The molecule has 1 unspecified atom stereocenters. The Morgan fingerprint density at radius 1 is 1.12 bits per heavy atom. The molecule has 1 aromatic carbocycles. The van der Waals surface area contributed by atoms with Crippen molar-refractivity contribution in [3.63, 3.8) is 0 Å². The molecule has 0 N–H and O–H groups in total. The average molecular weight is 329 g/mol. The normalized spacial score (nSPS) is 21.4. The summed E-state index contributed by atoms with van der Waals surface area (Å²) in [5.74, 6) is 0.0141. The van der Waals surface area contributed by atoms with Crippen LogP contribution in [0.5, 0.6) is 0 Å². The van der Waals surface area contributed by atoms with Gasteiger partial charge in [0, 0.05) is 38.3 Å². The first-order valence-corrected chi connectivity index (χ1v) is 8.25. The number of nitrogens with zero attached hydrogens (tertiary/aromatic N) is 3. The molecular formula is C17H19N3O4. The highest BCUT2D eigenvalue weighted by Crippen LogP contribution is 2.18. The quantitative estimate of drug-likeness (QED) is 0.830. The minimum absolute atomic E-state index is 0.0440. The van der Waals surface area contributed by atoms with Gasteiger partial charge in [-0.15, -0.1) is 0 Å². The molecule has 2 aromatic rings. The fourth-order valence-electron chi connectivity index (χ4n) is 3.28. The number of aromatic nitrogens is 1. The number of carbonyl (C=O) groups is 2. The van der Waals surface area contributed by atoms with Gasteiger partial charge in [0.05, 0.1) is 0 Å². The van der Waals surface area contributed by atoms with E-state index in [-0.39, 0.29) is 17.9 Å². The molecule has 126 valence electrons. The van der Waals surface area contributed by atoms with Gasteiger partial charge in [-0.05, 0) is 31.0 Å². The van der Waals surface area contributed by atoms with Gasteiger partial charge >= 0.3 is 0 Å². The third kappa shape index (κ3) is 2.75. The summed E-state index contributed by atoms with van der Waals surface area (Å²) in [4.78, 5) is 32.6.